The molecule has 0 amide bonds. The van der Waals surface area contributed by atoms with Crippen LogP contribution in [0.5, 0.6) is 0 Å². The highest BCUT2D eigenvalue weighted by Crippen LogP contribution is 2.16. The number of halogens is 2. The minimum absolute atomic E-state index is 0.171. The van der Waals surface area contributed by atoms with Crippen LogP contribution in [-0.2, 0) is 14.3 Å². The van der Waals surface area contributed by atoms with Gasteiger partial charge in [0.1, 0.15) is 0 Å². The largest absolute Gasteiger partial charge is 0.469 e. The fourth-order valence-corrected chi connectivity index (χ4v) is 2.35. The Morgan fingerprint density at radius 3 is 2.45 bits per heavy atom. The summed E-state index contributed by atoms with van der Waals surface area (Å²) in [6, 6.07) is 0. The summed E-state index contributed by atoms with van der Waals surface area (Å²) in [4.78, 5) is 11.1. The summed E-state index contributed by atoms with van der Waals surface area (Å²) in [6.07, 6.45) is 10.8. The van der Waals surface area contributed by atoms with Crippen molar-refractivity contribution in [3.8, 4) is 0 Å². The standard InChI is InChI=1S/C16H26Br2O4/c1-21-14(11-12-16(20)22-2)10-9-13(19)7-5-3-4-6-8-15(17)18/h8-10,13-14,19H,3-7,11-12H2,1-2H3/b10-9+/t13-,14-/m0/s1. The minimum Gasteiger partial charge on any atom is -0.469 e. The van der Waals surface area contributed by atoms with Crippen LogP contribution in [-0.4, -0.2) is 37.5 Å². The van der Waals surface area contributed by atoms with Gasteiger partial charge in [-0.3, -0.25) is 4.79 Å². The van der Waals surface area contributed by atoms with Crippen molar-refractivity contribution in [2.45, 2.75) is 57.2 Å². The van der Waals surface area contributed by atoms with E-state index < -0.39 is 6.10 Å². The molecule has 0 aromatic heterocycles. The fourth-order valence-electron chi connectivity index (χ4n) is 1.89. The summed E-state index contributed by atoms with van der Waals surface area (Å²) in [5.41, 5.74) is 0. The van der Waals surface area contributed by atoms with Gasteiger partial charge >= 0.3 is 5.97 Å². The maximum atomic E-state index is 11.1. The number of esters is 1. The van der Waals surface area contributed by atoms with Crippen LogP contribution >= 0.6 is 31.9 Å². The van der Waals surface area contributed by atoms with Crippen LogP contribution in [0, 0.1) is 0 Å². The van der Waals surface area contributed by atoms with Gasteiger partial charge in [-0.1, -0.05) is 31.1 Å². The van der Waals surface area contributed by atoms with E-state index in [9.17, 15) is 9.90 Å². The number of methoxy groups -OCH3 is 2. The predicted molar refractivity (Wildman–Crippen MR) is 96.2 cm³/mol. The van der Waals surface area contributed by atoms with Gasteiger partial charge in [-0.25, -0.2) is 0 Å². The average Bonchev–Trinajstić information content (AvgIpc) is 2.50. The van der Waals surface area contributed by atoms with Crippen LogP contribution in [0.3, 0.4) is 0 Å². The summed E-state index contributed by atoms with van der Waals surface area (Å²) < 4.78 is 10.8. The highest BCUT2D eigenvalue weighted by atomic mass is 79.9. The molecule has 128 valence electrons. The van der Waals surface area contributed by atoms with Crippen molar-refractivity contribution in [1.82, 2.24) is 0 Å². The molecule has 0 bridgehead atoms. The van der Waals surface area contributed by atoms with Crippen LogP contribution < -0.4 is 0 Å². The molecule has 0 aromatic rings. The smallest absolute Gasteiger partial charge is 0.305 e. The summed E-state index contributed by atoms with van der Waals surface area (Å²) in [5, 5.41) is 9.90. The number of rotatable bonds is 12. The van der Waals surface area contributed by atoms with E-state index in [4.69, 9.17) is 4.74 Å². The van der Waals surface area contributed by atoms with Crippen LogP contribution in [0.25, 0.3) is 0 Å². The molecule has 0 rings (SSSR count). The Morgan fingerprint density at radius 2 is 1.86 bits per heavy atom. The lowest BCUT2D eigenvalue weighted by molar-refractivity contribution is -0.141. The Balaban J connectivity index is 3.84. The van der Waals surface area contributed by atoms with Gasteiger partial charge in [0.15, 0.2) is 0 Å². The zero-order valence-corrected chi connectivity index (χ0v) is 16.4. The minimum atomic E-state index is -0.464. The summed E-state index contributed by atoms with van der Waals surface area (Å²) in [7, 11) is 2.96. The third-order valence-corrected chi connectivity index (χ3v) is 3.86. The molecule has 0 unspecified atom stereocenters. The van der Waals surface area contributed by atoms with Crippen molar-refractivity contribution in [1.29, 1.82) is 0 Å². The molecule has 1 N–H and O–H groups in total. The first kappa shape index (κ1) is 21.8. The first-order chi connectivity index (χ1) is 10.5. The highest BCUT2D eigenvalue weighted by Gasteiger charge is 2.08. The molecular weight excluding hydrogens is 416 g/mol. The molecule has 0 saturated heterocycles. The molecule has 0 aliphatic carbocycles. The van der Waals surface area contributed by atoms with Crippen molar-refractivity contribution < 1.29 is 19.4 Å². The predicted octanol–water partition coefficient (Wildman–Crippen LogP) is 4.45. The zero-order valence-electron chi connectivity index (χ0n) is 13.3. The normalized spacial score (nSPS) is 13.9. The van der Waals surface area contributed by atoms with Crippen LogP contribution in [0.1, 0.15) is 44.9 Å². The SMILES string of the molecule is COC(=O)CC[C@H](/C=C/[C@@H](O)CCCCCC=C(Br)Br)OC. The molecule has 4 nitrogen and oxygen atoms in total. The molecule has 2 atom stereocenters. The van der Waals surface area contributed by atoms with Gasteiger partial charge in [0.25, 0.3) is 0 Å². The van der Waals surface area contributed by atoms with Gasteiger partial charge in [-0.2, -0.15) is 0 Å². The van der Waals surface area contributed by atoms with Crippen molar-refractivity contribution in [3.63, 3.8) is 0 Å². The molecule has 0 spiro atoms. The molecule has 0 aliphatic heterocycles. The average molecular weight is 442 g/mol. The summed E-state index contributed by atoms with van der Waals surface area (Å²) in [5.74, 6) is -0.250. The number of hydrogen-bond donors (Lipinski definition) is 1. The summed E-state index contributed by atoms with van der Waals surface area (Å²) >= 11 is 6.64. The third kappa shape index (κ3) is 13.5. The number of carbonyl (C=O) groups excluding carboxylic acids is 1. The topological polar surface area (TPSA) is 55.8 Å². The molecular formula is C16H26Br2O4. The van der Waals surface area contributed by atoms with E-state index in [1.165, 1.54) is 7.11 Å². The summed E-state index contributed by atoms with van der Waals surface area (Å²) in [6.45, 7) is 0. The molecule has 0 aliphatic rings. The number of aliphatic hydroxyl groups is 1. The molecule has 0 heterocycles. The zero-order chi connectivity index (χ0) is 16.8. The first-order valence-electron chi connectivity index (χ1n) is 7.46. The Morgan fingerprint density at radius 1 is 1.14 bits per heavy atom. The number of allylic oxidation sites excluding steroid dienone is 1. The quantitative estimate of drug-likeness (QED) is 0.276. The number of ether oxygens (including phenoxy) is 2. The Bertz CT molecular complexity index is 352. The molecule has 0 fully saturated rings. The number of hydrogen-bond acceptors (Lipinski definition) is 4. The Hall–Kier alpha value is -0.170. The lowest BCUT2D eigenvalue weighted by Gasteiger charge is -2.11. The van der Waals surface area contributed by atoms with Crippen LogP contribution in [0.15, 0.2) is 21.6 Å². The second-order valence-electron chi connectivity index (χ2n) is 4.97. The van der Waals surface area contributed by atoms with E-state index in [-0.39, 0.29) is 12.1 Å². The number of aliphatic hydroxyl groups excluding tert-OH is 1. The van der Waals surface area contributed by atoms with Crippen LogP contribution in [0.4, 0.5) is 0 Å². The monoisotopic (exact) mass is 440 g/mol. The molecule has 0 saturated carbocycles. The van der Waals surface area contributed by atoms with E-state index in [0.29, 0.717) is 12.8 Å². The molecule has 22 heavy (non-hydrogen) atoms. The van der Waals surface area contributed by atoms with Crippen molar-refractivity contribution in [3.05, 3.63) is 21.6 Å². The van der Waals surface area contributed by atoms with Gasteiger partial charge in [0.2, 0.25) is 0 Å². The van der Waals surface area contributed by atoms with E-state index in [1.807, 2.05) is 6.08 Å². The maximum Gasteiger partial charge on any atom is 0.305 e. The van der Waals surface area contributed by atoms with E-state index in [1.54, 1.807) is 13.2 Å². The van der Waals surface area contributed by atoms with Crippen molar-refractivity contribution in [2.24, 2.45) is 0 Å². The number of carbonyl (C=O) groups is 1. The van der Waals surface area contributed by atoms with Gasteiger partial charge < -0.3 is 14.6 Å². The van der Waals surface area contributed by atoms with Gasteiger partial charge in [0.05, 0.1) is 22.7 Å². The lowest BCUT2D eigenvalue weighted by Crippen LogP contribution is -2.12. The van der Waals surface area contributed by atoms with E-state index >= 15 is 0 Å². The fraction of sp³-hybridized carbons (Fsp3) is 0.688. The lowest BCUT2D eigenvalue weighted by atomic mass is 10.1. The second kappa shape index (κ2) is 14.4. The van der Waals surface area contributed by atoms with E-state index in [0.717, 1.165) is 35.5 Å². The van der Waals surface area contributed by atoms with Crippen molar-refractivity contribution in [2.75, 3.05) is 14.2 Å². The third-order valence-electron chi connectivity index (χ3n) is 3.21. The first-order valence-corrected chi connectivity index (χ1v) is 9.05. The van der Waals surface area contributed by atoms with Crippen molar-refractivity contribution >= 4 is 37.8 Å². The molecule has 0 radical (unpaired) electrons. The van der Waals surface area contributed by atoms with Gasteiger partial charge in [-0.05, 0) is 57.5 Å². The van der Waals surface area contributed by atoms with Crippen LogP contribution in [0.2, 0.25) is 0 Å². The molecule has 0 aromatic carbocycles. The Kier molecular flexibility index (Phi) is 14.3. The van der Waals surface area contributed by atoms with Gasteiger partial charge in [-0.15, -0.1) is 0 Å². The van der Waals surface area contributed by atoms with Gasteiger partial charge in [0, 0.05) is 13.5 Å². The second-order valence-corrected chi connectivity index (χ2v) is 7.75. The maximum absolute atomic E-state index is 11.1. The molecule has 6 heteroatoms. The Labute approximate surface area is 150 Å². The number of unbranched alkanes of at least 4 members (excludes halogenated alkanes) is 3. The highest BCUT2D eigenvalue weighted by molar-refractivity contribution is 9.28. The van der Waals surface area contributed by atoms with E-state index in [2.05, 4.69) is 42.7 Å².